The van der Waals surface area contributed by atoms with Crippen LogP contribution in [0, 0.1) is 5.92 Å². The van der Waals surface area contributed by atoms with Crippen molar-refractivity contribution in [3.63, 3.8) is 0 Å². The Labute approximate surface area is 104 Å². The largest absolute Gasteiger partial charge is 0.416 e. The molecule has 2 atom stereocenters. The summed E-state index contributed by atoms with van der Waals surface area (Å²) in [6.07, 6.45) is -2.85. The van der Waals surface area contributed by atoms with E-state index in [1.54, 1.807) is 6.07 Å². The average molecular weight is 259 g/mol. The molecule has 2 unspecified atom stereocenters. The molecule has 100 valence electrons. The van der Waals surface area contributed by atoms with Gasteiger partial charge in [0.05, 0.1) is 12.2 Å². The molecule has 2 N–H and O–H groups in total. The van der Waals surface area contributed by atoms with Crippen LogP contribution in [0.25, 0.3) is 0 Å². The minimum Gasteiger partial charge on any atom is -0.395 e. The zero-order valence-corrected chi connectivity index (χ0v) is 9.87. The number of aliphatic hydroxyl groups is 1. The molecule has 1 heterocycles. The Balaban J connectivity index is 2.02. The highest BCUT2D eigenvalue weighted by atomic mass is 19.4. The molecule has 0 radical (unpaired) electrons. The number of halogens is 3. The summed E-state index contributed by atoms with van der Waals surface area (Å²) >= 11 is 0. The number of alkyl halides is 3. The standard InChI is InChI=1S/C13H16F3NO/c14-13(15,16)11-3-1-2-9(5-11)4-10-6-12(8-18)17-7-10/h1-3,5,10,12,17-18H,4,6-8H2. The van der Waals surface area contributed by atoms with Gasteiger partial charge in [-0.05, 0) is 36.9 Å². The zero-order valence-electron chi connectivity index (χ0n) is 9.87. The third kappa shape index (κ3) is 3.23. The number of benzene rings is 1. The first-order valence-corrected chi connectivity index (χ1v) is 5.99. The van der Waals surface area contributed by atoms with Crippen molar-refractivity contribution in [1.29, 1.82) is 0 Å². The van der Waals surface area contributed by atoms with Crippen molar-refractivity contribution in [1.82, 2.24) is 5.32 Å². The van der Waals surface area contributed by atoms with Gasteiger partial charge in [-0.25, -0.2) is 0 Å². The molecule has 0 aromatic heterocycles. The van der Waals surface area contributed by atoms with Crippen LogP contribution in [-0.2, 0) is 12.6 Å². The van der Waals surface area contributed by atoms with Crippen LogP contribution in [0.4, 0.5) is 13.2 Å². The van der Waals surface area contributed by atoms with E-state index >= 15 is 0 Å². The van der Waals surface area contributed by atoms with E-state index in [-0.39, 0.29) is 12.6 Å². The van der Waals surface area contributed by atoms with Crippen LogP contribution < -0.4 is 5.32 Å². The molecule has 1 aliphatic heterocycles. The lowest BCUT2D eigenvalue weighted by molar-refractivity contribution is -0.137. The van der Waals surface area contributed by atoms with E-state index in [1.165, 1.54) is 12.1 Å². The van der Waals surface area contributed by atoms with Crippen LogP contribution in [0.15, 0.2) is 24.3 Å². The predicted molar refractivity (Wildman–Crippen MR) is 62.1 cm³/mol. The molecule has 0 bridgehead atoms. The molecule has 0 amide bonds. The van der Waals surface area contributed by atoms with Gasteiger partial charge in [0.1, 0.15) is 0 Å². The zero-order chi connectivity index (χ0) is 13.2. The van der Waals surface area contributed by atoms with E-state index in [0.29, 0.717) is 17.9 Å². The van der Waals surface area contributed by atoms with E-state index in [1.807, 2.05) is 0 Å². The van der Waals surface area contributed by atoms with Crippen LogP contribution >= 0.6 is 0 Å². The van der Waals surface area contributed by atoms with Gasteiger partial charge < -0.3 is 10.4 Å². The topological polar surface area (TPSA) is 32.3 Å². The Kier molecular flexibility index (Phi) is 3.92. The van der Waals surface area contributed by atoms with Gasteiger partial charge in [-0.3, -0.25) is 0 Å². The highest BCUT2D eigenvalue weighted by Crippen LogP contribution is 2.30. The summed E-state index contributed by atoms with van der Waals surface area (Å²) in [5.41, 5.74) is 0.111. The lowest BCUT2D eigenvalue weighted by Gasteiger charge is -2.11. The second kappa shape index (κ2) is 5.28. The first-order valence-electron chi connectivity index (χ1n) is 5.99. The SMILES string of the molecule is OCC1CC(Cc2cccc(C(F)(F)F)c2)CN1. The molecule has 1 aromatic carbocycles. The molecule has 0 spiro atoms. The van der Waals surface area contributed by atoms with E-state index in [2.05, 4.69) is 5.32 Å². The van der Waals surface area contributed by atoms with Gasteiger partial charge in [0.25, 0.3) is 0 Å². The molecular formula is C13H16F3NO. The number of hydrogen-bond donors (Lipinski definition) is 2. The first-order chi connectivity index (χ1) is 8.49. The second-order valence-corrected chi connectivity index (χ2v) is 4.79. The van der Waals surface area contributed by atoms with Crippen molar-refractivity contribution in [3.05, 3.63) is 35.4 Å². The van der Waals surface area contributed by atoms with Crippen LogP contribution in [0.1, 0.15) is 17.5 Å². The summed E-state index contributed by atoms with van der Waals surface area (Å²) in [5.74, 6) is 0.297. The normalized spacial score (nSPS) is 24.4. The van der Waals surface area contributed by atoms with E-state index in [0.717, 1.165) is 19.0 Å². The molecule has 1 aliphatic rings. The Bertz CT molecular complexity index is 405. The third-order valence-electron chi connectivity index (χ3n) is 3.31. The molecular weight excluding hydrogens is 243 g/mol. The Morgan fingerprint density at radius 2 is 2.11 bits per heavy atom. The third-order valence-corrected chi connectivity index (χ3v) is 3.31. The maximum absolute atomic E-state index is 12.6. The average Bonchev–Trinajstić information content (AvgIpc) is 2.76. The number of aliphatic hydroxyl groups excluding tert-OH is 1. The summed E-state index contributed by atoms with van der Waals surface area (Å²) < 4.78 is 37.7. The van der Waals surface area contributed by atoms with Gasteiger partial charge in [-0.15, -0.1) is 0 Å². The van der Waals surface area contributed by atoms with Crippen LogP contribution in [-0.4, -0.2) is 24.3 Å². The van der Waals surface area contributed by atoms with Gasteiger partial charge in [-0.2, -0.15) is 13.2 Å². The summed E-state index contributed by atoms with van der Waals surface area (Å²) in [6, 6.07) is 5.56. The second-order valence-electron chi connectivity index (χ2n) is 4.79. The maximum Gasteiger partial charge on any atom is 0.416 e. The van der Waals surface area contributed by atoms with E-state index < -0.39 is 11.7 Å². The minimum atomic E-state index is -4.28. The molecule has 5 heteroatoms. The molecule has 0 aliphatic carbocycles. The first kappa shape index (κ1) is 13.4. The van der Waals surface area contributed by atoms with Crippen molar-refractivity contribution in [2.24, 2.45) is 5.92 Å². The summed E-state index contributed by atoms with van der Waals surface area (Å²) in [5, 5.41) is 12.1. The van der Waals surface area contributed by atoms with Crippen LogP contribution in [0.3, 0.4) is 0 Å². The molecule has 1 fully saturated rings. The smallest absolute Gasteiger partial charge is 0.395 e. The highest BCUT2D eigenvalue weighted by molar-refractivity contribution is 5.26. The quantitative estimate of drug-likeness (QED) is 0.872. The van der Waals surface area contributed by atoms with E-state index in [9.17, 15) is 13.2 Å². The Morgan fingerprint density at radius 1 is 1.33 bits per heavy atom. The number of hydrogen-bond acceptors (Lipinski definition) is 2. The van der Waals surface area contributed by atoms with Gasteiger partial charge in [0.2, 0.25) is 0 Å². The molecule has 18 heavy (non-hydrogen) atoms. The Hall–Kier alpha value is -1.07. The van der Waals surface area contributed by atoms with Crippen molar-refractivity contribution < 1.29 is 18.3 Å². The maximum atomic E-state index is 12.6. The molecule has 1 aromatic rings. The summed E-state index contributed by atoms with van der Waals surface area (Å²) in [6.45, 7) is 0.834. The summed E-state index contributed by atoms with van der Waals surface area (Å²) in [7, 11) is 0. The van der Waals surface area contributed by atoms with Crippen molar-refractivity contribution in [2.45, 2.75) is 25.1 Å². The lowest BCUT2D eigenvalue weighted by Crippen LogP contribution is -2.24. The van der Waals surface area contributed by atoms with Gasteiger partial charge in [0, 0.05) is 6.04 Å². The fraction of sp³-hybridized carbons (Fsp3) is 0.538. The monoisotopic (exact) mass is 259 g/mol. The molecule has 0 saturated carbocycles. The fourth-order valence-corrected chi connectivity index (χ4v) is 2.40. The van der Waals surface area contributed by atoms with Crippen molar-refractivity contribution >= 4 is 0 Å². The van der Waals surface area contributed by atoms with Gasteiger partial charge in [0.15, 0.2) is 0 Å². The minimum absolute atomic E-state index is 0.0824. The fourth-order valence-electron chi connectivity index (χ4n) is 2.40. The Morgan fingerprint density at radius 3 is 2.72 bits per heavy atom. The molecule has 2 rings (SSSR count). The highest BCUT2D eigenvalue weighted by Gasteiger charge is 2.31. The molecule has 2 nitrogen and oxygen atoms in total. The van der Waals surface area contributed by atoms with Gasteiger partial charge in [-0.1, -0.05) is 18.2 Å². The predicted octanol–water partition coefficient (Wildman–Crippen LogP) is 2.22. The van der Waals surface area contributed by atoms with E-state index in [4.69, 9.17) is 5.11 Å². The number of nitrogens with one attached hydrogen (secondary N) is 1. The van der Waals surface area contributed by atoms with Crippen LogP contribution in [0.2, 0.25) is 0 Å². The van der Waals surface area contributed by atoms with Crippen LogP contribution in [0.5, 0.6) is 0 Å². The van der Waals surface area contributed by atoms with Crippen molar-refractivity contribution in [2.75, 3.05) is 13.2 Å². The number of rotatable bonds is 3. The molecule has 1 saturated heterocycles. The lowest BCUT2D eigenvalue weighted by atomic mass is 9.96. The summed E-state index contributed by atoms with van der Waals surface area (Å²) in [4.78, 5) is 0. The van der Waals surface area contributed by atoms with Gasteiger partial charge >= 0.3 is 6.18 Å². The van der Waals surface area contributed by atoms with Crippen molar-refractivity contribution in [3.8, 4) is 0 Å².